The third-order valence-electron chi connectivity index (χ3n) is 2.77. The van der Waals surface area contributed by atoms with E-state index in [4.69, 9.17) is 0 Å². The van der Waals surface area contributed by atoms with Gasteiger partial charge in [0.25, 0.3) is 0 Å². The molecule has 76 valence electrons. The van der Waals surface area contributed by atoms with E-state index < -0.39 is 0 Å². The Kier molecular flexibility index (Phi) is 3.72. The fourth-order valence-corrected chi connectivity index (χ4v) is 1.93. The van der Waals surface area contributed by atoms with Crippen LogP contribution in [0, 0.1) is 5.92 Å². The van der Waals surface area contributed by atoms with Gasteiger partial charge >= 0.3 is 0 Å². The summed E-state index contributed by atoms with van der Waals surface area (Å²) in [6.07, 6.45) is 2.15. The van der Waals surface area contributed by atoms with Crippen molar-refractivity contribution in [1.82, 2.24) is 9.80 Å². The van der Waals surface area contributed by atoms with Crippen molar-refractivity contribution >= 4 is 6.41 Å². The molecule has 1 heterocycles. The van der Waals surface area contributed by atoms with Gasteiger partial charge in [0.1, 0.15) is 0 Å². The molecule has 3 nitrogen and oxygen atoms in total. The third-order valence-corrected chi connectivity index (χ3v) is 2.77. The molecule has 13 heavy (non-hydrogen) atoms. The maximum atomic E-state index is 10.4. The number of amides is 1. The van der Waals surface area contributed by atoms with Crippen LogP contribution in [0.5, 0.6) is 0 Å². The lowest BCUT2D eigenvalue weighted by molar-refractivity contribution is -0.117. The molecule has 0 aliphatic carbocycles. The molecular weight excluding hydrogens is 164 g/mol. The molecule has 0 saturated carbocycles. The predicted molar refractivity (Wildman–Crippen MR) is 53.5 cm³/mol. The van der Waals surface area contributed by atoms with E-state index in [-0.39, 0.29) is 0 Å². The number of nitrogens with zero attached hydrogens (tertiary/aromatic N) is 2. The van der Waals surface area contributed by atoms with E-state index in [0.29, 0.717) is 12.0 Å². The lowest BCUT2D eigenvalue weighted by Gasteiger charge is -2.21. The Morgan fingerprint density at radius 3 is 2.77 bits per heavy atom. The van der Waals surface area contributed by atoms with Gasteiger partial charge in [-0.15, -0.1) is 0 Å². The molecule has 0 aromatic rings. The van der Waals surface area contributed by atoms with E-state index in [0.717, 1.165) is 19.5 Å². The normalized spacial score (nSPS) is 23.8. The van der Waals surface area contributed by atoms with Gasteiger partial charge in [0.05, 0.1) is 0 Å². The van der Waals surface area contributed by atoms with E-state index in [2.05, 4.69) is 18.7 Å². The molecule has 0 N–H and O–H groups in total. The third kappa shape index (κ3) is 2.99. The van der Waals surface area contributed by atoms with Crippen LogP contribution in [0.3, 0.4) is 0 Å². The number of hydrogen-bond acceptors (Lipinski definition) is 2. The lowest BCUT2D eigenvalue weighted by Crippen LogP contribution is -2.31. The molecule has 1 fully saturated rings. The highest BCUT2D eigenvalue weighted by Gasteiger charge is 2.24. The van der Waals surface area contributed by atoms with Gasteiger partial charge in [-0.3, -0.25) is 4.79 Å². The van der Waals surface area contributed by atoms with Crippen molar-refractivity contribution in [3.8, 4) is 0 Å². The van der Waals surface area contributed by atoms with Gasteiger partial charge in [-0.2, -0.15) is 0 Å². The first-order chi connectivity index (χ1) is 6.13. The van der Waals surface area contributed by atoms with Crippen LogP contribution in [0.15, 0.2) is 0 Å². The van der Waals surface area contributed by atoms with Crippen molar-refractivity contribution in [3.05, 3.63) is 0 Å². The Balaban J connectivity index is 2.28. The predicted octanol–water partition coefficient (Wildman–Crippen LogP) is 0.805. The number of hydrogen-bond donors (Lipinski definition) is 0. The second-order valence-corrected chi connectivity index (χ2v) is 4.29. The molecule has 0 aromatic carbocycles. The minimum atomic E-state index is 0.645. The molecule has 0 bridgehead atoms. The molecule has 1 aliphatic heterocycles. The molecule has 1 atom stereocenters. The first kappa shape index (κ1) is 10.5. The minimum Gasteiger partial charge on any atom is -0.348 e. The standard InChI is InChI=1S/C10H20N2O/c1-9(2)12-5-4-10(7-12)6-11(3)8-13/h8-10H,4-7H2,1-3H3. The van der Waals surface area contributed by atoms with E-state index in [1.807, 2.05) is 7.05 Å². The number of likely N-dealkylation sites (tertiary alicyclic amines) is 1. The Morgan fingerprint density at radius 2 is 2.31 bits per heavy atom. The summed E-state index contributed by atoms with van der Waals surface area (Å²) in [5.41, 5.74) is 0. The molecular formula is C10H20N2O. The Labute approximate surface area is 80.7 Å². The average Bonchev–Trinajstić information content (AvgIpc) is 2.52. The van der Waals surface area contributed by atoms with Crippen molar-refractivity contribution in [2.45, 2.75) is 26.3 Å². The van der Waals surface area contributed by atoms with Crippen molar-refractivity contribution in [1.29, 1.82) is 0 Å². The highest BCUT2D eigenvalue weighted by Crippen LogP contribution is 2.18. The van der Waals surface area contributed by atoms with Gasteiger partial charge < -0.3 is 9.80 Å². The van der Waals surface area contributed by atoms with Gasteiger partial charge in [0.15, 0.2) is 0 Å². The molecule has 1 unspecified atom stereocenters. The fourth-order valence-electron chi connectivity index (χ4n) is 1.93. The smallest absolute Gasteiger partial charge is 0.209 e. The van der Waals surface area contributed by atoms with E-state index in [9.17, 15) is 4.79 Å². The summed E-state index contributed by atoms with van der Waals surface area (Å²) in [4.78, 5) is 14.6. The molecule has 0 radical (unpaired) electrons. The van der Waals surface area contributed by atoms with E-state index >= 15 is 0 Å². The van der Waals surface area contributed by atoms with Crippen LogP contribution >= 0.6 is 0 Å². The lowest BCUT2D eigenvalue weighted by atomic mass is 10.1. The van der Waals surface area contributed by atoms with Crippen molar-refractivity contribution in [2.24, 2.45) is 5.92 Å². The summed E-state index contributed by atoms with van der Waals surface area (Å²) in [5, 5.41) is 0. The van der Waals surface area contributed by atoms with E-state index in [1.54, 1.807) is 4.90 Å². The van der Waals surface area contributed by atoms with Crippen LogP contribution in [-0.2, 0) is 4.79 Å². The molecule has 3 heteroatoms. The van der Waals surface area contributed by atoms with Crippen LogP contribution < -0.4 is 0 Å². The van der Waals surface area contributed by atoms with Crippen molar-refractivity contribution in [3.63, 3.8) is 0 Å². The fraction of sp³-hybridized carbons (Fsp3) is 0.900. The van der Waals surface area contributed by atoms with Crippen LogP contribution in [0.2, 0.25) is 0 Å². The molecule has 1 saturated heterocycles. The molecule has 1 rings (SSSR count). The number of rotatable bonds is 4. The molecule has 0 spiro atoms. The maximum Gasteiger partial charge on any atom is 0.209 e. The SMILES string of the molecule is CC(C)N1CCC(CN(C)C=O)C1. The van der Waals surface area contributed by atoms with Crippen LogP contribution in [0.25, 0.3) is 0 Å². The zero-order valence-corrected chi connectivity index (χ0v) is 8.86. The van der Waals surface area contributed by atoms with E-state index in [1.165, 1.54) is 13.0 Å². The van der Waals surface area contributed by atoms with Crippen LogP contribution in [0.1, 0.15) is 20.3 Å². The quantitative estimate of drug-likeness (QED) is 0.603. The molecule has 1 aliphatic rings. The zero-order chi connectivity index (χ0) is 9.84. The summed E-state index contributed by atoms with van der Waals surface area (Å²) in [6, 6.07) is 0.645. The van der Waals surface area contributed by atoms with Crippen LogP contribution in [0.4, 0.5) is 0 Å². The van der Waals surface area contributed by atoms with Crippen molar-refractivity contribution < 1.29 is 4.79 Å². The summed E-state index contributed by atoms with van der Waals surface area (Å²) in [6.45, 7) is 7.70. The summed E-state index contributed by atoms with van der Waals surface area (Å²) in [7, 11) is 1.85. The average molecular weight is 184 g/mol. The van der Waals surface area contributed by atoms with Crippen LogP contribution in [-0.4, -0.2) is 48.9 Å². The summed E-state index contributed by atoms with van der Waals surface area (Å²) >= 11 is 0. The Morgan fingerprint density at radius 1 is 1.62 bits per heavy atom. The second kappa shape index (κ2) is 4.61. The highest BCUT2D eigenvalue weighted by atomic mass is 16.1. The maximum absolute atomic E-state index is 10.4. The van der Waals surface area contributed by atoms with Gasteiger partial charge in [0.2, 0.25) is 6.41 Å². The first-order valence-corrected chi connectivity index (χ1v) is 5.03. The summed E-state index contributed by atoms with van der Waals surface area (Å²) in [5.74, 6) is 0.678. The van der Waals surface area contributed by atoms with Gasteiger partial charge in [-0.25, -0.2) is 0 Å². The van der Waals surface area contributed by atoms with Gasteiger partial charge in [-0.05, 0) is 32.7 Å². The largest absolute Gasteiger partial charge is 0.348 e. The summed E-state index contributed by atoms with van der Waals surface area (Å²) < 4.78 is 0. The van der Waals surface area contributed by atoms with Crippen molar-refractivity contribution in [2.75, 3.05) is 26.7 Å². The molecule has 0 aromatic heterocycles. The number of carbonyl (C=O) groups is 1. The second-order valence-electron chi connectivity index (χ2n) is 4.29. The zero-order valence-electron chi connectivity index (χ0n) is 8.86. The minimum absolute atomic E-state index is 0.645. The van der Waals surface area contributed by atoms with Gasteiger partial charge in [0, 0.05) is 26.2 Å². The first-order valence-electron chi connectivity index (χ1n) is 5.03. The monoisotopic (exact) mass is 184 g/mol. The Hall–Kier alpha value is -0.570. The topological polar surface area (TPSA) is 23.6 Å². The highest BCUT2D eigenvalue weighted by molar-refractivity contribution is 5.46. The number of carbonyl (C=O) groups excluding carboxylic acids is 1. The molecule has 1 amide bonds. The Bertz CT molecular complexity index is 170. The van der Waals surface area contributed by atoms with Gasteiger partial charge in [-0.1, -0.05) is 0 Å².